The molecule has 0 amide bonds. The molecule has 3 rings (SSSR count). The largest absolute Gasteiger partial charge is 0.460 e. The Labute approximate surface area is 129 Å². The molecule has 1 fully saturated rings. The van der Waals surface area contributed by atoms with Gasteiger partial charge in [-0.2, -0.15) is 0 Å². The summed E-state index contributed by atoms with van der Waals surface area (Å²) in [5.74, 6) is 1.29. The first-order chi connectivity index (χ1) is 10.7. The van der Waals surface area contributed by atoms with Crippen molar-refractivity contribution >= 4 is 0 Å². The maximum absolute atomic E-state index is 13.0. The molecule has 1 aromatic heterocycles. The summed E-state index contributed by atoms with van der Waals surface area (Å²) in [7, 11) is 1.70. The predicted octanol–water partition coefficient (Wildman–Crippen LogP) is 2.67. The van der Waals surface area contributed by atoms with Crippen LogP contribution in [-0.4, -0.2) is 42.4 Å². The van der Waals surface area contributed by atoms with E-state index >= 15 is 0 Å². The number of halogens is 1. The second-order valence-electron chi connectivity index (χ2n) is 5.63. The fourth-order valence-electron chi connectivity index (χ4n) is 2.92. The lowest BCUT2D eigenvalue weighted by Gasteiger charge is -2.20. The Hall–Kier alpha value is -1.69. The number of hydrogen-bond donors (Lipinski definition) is 1. The second kappa shape index (κ2) is 6.60. The normalized spacial score (nSPS) is 22.3. The van der Waals surface area contributed by atoms with Gasteiger partial charge in [0, 0.05) is 25.3 Å². The average Bonchev–Trinajstić information content (AvgIpc) is 3.15. The quantitative estimate of drug-likeness (QED) is 0.922. The summed E-state index contributed by atoms with van der Waals surface area (Å²) in [5, 5.41) is 9.47. The fraction of sp³-hybridized carbons (Fsp3) is 0.412. The molecule has 0 saturated carbocycles. The number of nitrogens with zero attached hydrogens (tertiary/aromatic N) is 1. The van der Waals surface area contributed by atoms with Gasteiger partial charge in [-0.05, 0) is 42.8 Å². The van der Waals surface area contributed by atoms with Crippen LogP contribution in [0.15, 0.2) is 40.8 Å². The number of likely N-dealkylation sites (tertiary alicyclic amines) is 1. The molecule has 0 bridgehead atoms. The van der Waals surface area contributed by atoms with Gasteiger partial charge in [-0.25, -0.2) is 4.39 Å². The summed E-state index contributed by atoms with van der Waals surface area (Å²) in [6, 6.07) is 10.2. The smallest absolute Gasteiger partial charge is 0.134 e. The lowest BCUT2D eigenvalue weighted by atomic mass is 10.2. The summed E-state index contributed by atoms with van der Waals surface area (Å²) >= 11 is 0. The lowest BCUT2D eigenvalue weighted by Crippen LogP contribution is -2.31. The molecule has 2 heterocycles. The zero-order valence-corrected chi connectivity index (χ0v) is 12.5. The zero-order chi connectivity index (χ0) is 15.5. The van der Waals surface area contributed by atoms with E-state index in [0.717, 1.165) is 30.0 Å². The van der Waals surface area contributed by atoms with Gasteiger partial charge >= 0.3 is 0 Å². The third kappa shape index (κ3) is 3.21. The molecule has 1 aromatic carbocycles. The number of ether oxygens (including phenoxy) is 1. The minimum Gasteiger partial charge on any atom is -0.460 e. The van der Waals surface area contributed by atoms with Crippen LogP contribution in [0.4, 0.5) is 4.39 Å². The number of hydrogen-bond acceptors (Lipinski definition) is 4. The van der Waals surface area contributed by atoms with Crippen molar-refractivity contribution in [3.8, 4) is 11.3 Å². The maximum Gasteiger partial charge on any atom is 0.134 e. The van der Waals surface area contributed by atoms with Crippen molar-refractivity contribution in [2.45, 2.75) is 25.1 Å². The standard InChI is InChI=1S/C17H20FNO3/c1-21-16-8-14(11-20)19(10-16)9-15-6-7-17(22-15)12-2-4-13(18)5-3-12/h2-7,14,16,20H,8-11H2,1H3/t14-,16-/m0/s1. The second-order valence-corrected chi connectivity index (χ2v) is 5.63. The van der Waals surface area contributed by atoms with Crippen LogP contribution in [0, 0.1) is 5.82 Å². The SMILES string of the molecule is CO[C@H]1C[C@@H](CO)N(Cc2ccc(-c3ccc(F)cc3)o2)C1. The van der Waals surface area contributed by atoms with Crippen LogP contribution in [0.5, 0.6) is 0 Å². The van der Waals surface area contributed by atoms with Crippen molar-refractivity contribution in [2.75, 3.05) is 20.3 Å². The van der Waals surface area contributed by atoms with Crippen molar-refractivity contribution in [1.82, 2.24) is 4.90 Å². The van der Waals surface area contributed by atoms with Crippen molar-refractivity contribution in [3.63, 3.8) is 0 Å². The van der Waals surface area contributed by atoms with E-state index in [-0.39, 0.29) is 24.6 Å². The van der Waals surface area contributed by atoms with E-state index in [0.29, 0.717) is 6.54 Å². The van der Waals surface area contributed by atoms with Gasteiger partial charge in [0.2, 0.25) is 0 Å². The molecule has 4 nitrogen and oxygen atoms in total. The number of furan rings is 1. The highest BCUT2D eigenvalue weighted by molar-refractivity contribution is 5.57. The van der Waals surface area contributed by atoms with Crippen LogP contribution < -0.4 is 0 Å². The Morgan fingerprint density at radius 1 is 1.27 bits per heavy atom. The molecule has 0 aliphatic carbocycles. The van der Waals surface area contributed by atoms with E-state index in [1.807, 2.05) is 12.1 Å². The van der Waals surface area contributed by atoms with Crippen molar-refractivity contribution in [1.29, 1.82) is 0 Å². The molecule has 5 heteroatoms. The van der Waals surface area contributed by atoms with E-state index in [9.17, 15) is 9.50 Å². The Morgan fingerprint density at radius 3 is 2.73 bits per heavy atom. The summed E-state index contributed by atoms with van der Waals surface area (Å²) in [6.45, 7) is 1.53. The average molecular weight is 305 g/mol. The van der Waals surface area contributed by atoms with Crippen LogP contribution >= 0.6 is 0 Å². The topological polar surface area (TPSA) is 45.8 Å². The van der Waals surface area contributed by atoms with Gasteiger partial charge in [0.05, 0.1) is 19.3 Å². The van der Waals surface area contributed by atoms with Gasteiger partial charge in [0.25, 0.3) is 0 Å². The van der Waals surface area contributed by atoms with E-state index < -0.39 is 0 Å². The molecule has 1 saturated heterocycles. The molecule has 22 heavy (non-hydrogen) atoms. The van der Waals surface area contributed by atoms with Crippen molar-refractivity contribution in [3.05, 3.63) is 48.0 Å². The van der Waals surface area contributed by atoms with Crippen LogP contribution in [-0.2, 0) is 11.3 Å². The number of aliphatic hydroxyl groups is 1. The Bertz CT molecular complexity index is 611. The highest BCUT2D eigenvalue weighted by Gasteiger charge is 2.32. The first-order valence-corrected chi connectivity index (χ1v) is 7.42. The van der Waals surface area contributed by atoms with E-state index in [1.54, 1.807) is 19.2 Å². The Kier molecular flexibility index (Phi) is 4.57. The van der Waals surface area contributed by atoms with E-state index in [2.05, 4.69) is 4.90 Å². The van der Waals surface area contributed by atoms with Crippen molar-refractivity contribution in [2.24, 2.45) is 0 Å². The molecular formula is C17H20FNO3. The van der Waals surface area contributed by atoms with Crippen LogP contribution in [0.2, 0.25) is 0 Å². The van der Waals surface area contributed by atoms with Gasteiger partial charge in [0.15, 0.2) is 0 Å². The fourth-order valence-corrected chi connectivity index (χ4v) is 2.92. The molecule has 118 valence electrons. The zero-order valence-electron chi connectivity index (χ0n) is 12.5. The Morgan fingerprint density at radius 2 is 2.05 bits per heavy atom. The summed E-state index contributed by atoms with van der Waals surface area (Å²) in [6.07, 6.45) is 0.988. The molecule has 2 atom stereocenters. The molecular weight excluding hydrogens is 285 g/mol. The highest BCUT2D eigenvalue weighted by atomic mass is 19.1. The van der Waals surface area contributed by atoms with Crippen LogP contribution in [0.25, 0.3) is 11.3 Å². The number of methoxy groups -OCH3 is 1. The minimum absolute atomic E-state index is 0.101. The van der Waals surface area contributed by atoms with E-state index in [1.165, 1.54) is 12.1 Å². The van der Waals surface area contributed by atoms with Gasteiger partial charge < -0.3 is 14.3 Å². The lowest BCUT2D eigenvalue weighted by molar-refractivity contribution is 0.106. The first kappa shape index (κ1) is 15.2. The summed E-state index contributed by atoms with van der Waals surface area (Å²) < 4.78 is 24.2. The summed E-state index contributed by atoms with van der Waals surface area (Å²) in [5.41, 5.74) is 0.850. The van der Waals surface area contributed by atoms with Crippen LogP contribution in [0.1, 0.15) is 12.2 Å². The maximum atomic E-state index is 13.0. The van der Waals surface area contributed by atoms with Gasteiger partial charge in [0.1, 0.15) is 17.3 Å². The molecule has 1 aliphatic rings. The monoisotopic (exact) mass is 305 g/mol. The molecule has 0 unspecified atom stereocenters. The first-order valence-electron chi connectivity index (χ1n) is 7.42. The van der Waals surface area contributed by atoms with Gasteiger partial charge in [-0.1, -0.05) is 0 Å². The highest BCUT2D eigenvalue weighted by Crippen LogP contribution is 2.26. The number of rotatable bonds is 5. The number of aliphatic hydroxyl groups excluding tert-OH is 1. The summed E-state index contributed by atoms with van der Waals surface area (Å²) in [4.78, 5) is 2.17. The van der Waals surface area contributed by atoms with Gasteiger partial charge in [-0.15, -0.1) is 0 Å². The third-order valence-corrected chi connectivity index (χ3v) is 4.18. The molecule has 1 N–H and O–H groups in total. The molecule has 0 spiro atoms. The molecule has 0 radical (unpaired) electrons. The predicted molar refractivity (Wildman–Crippen MR) is 80.8 cm³/mol. The van der Waals surface area contributed by atoms with Crippen molar-refractivity contribution < 1.29 is 18.7 Å². The molecule has 2 aromatic rings. The number of benzene rings is 1. The van der Waals surface area contributed by atoms with Crippen LogP contribution in [0.3, 0.4) is 0 Å². The van der Waals surface area contributed by atoms with Gasteiger partial charge in [-0.3, -0.25) is 4.90 Å². The van der Waals surface area contributed by atoms with E-state index in [4.69, 9.17) is 9.15 Å². The molecule has 1 aliphatic heterocycles. The Balaban J connectivity index is 1.70. The minimum atomic E-state index is -0.260. The third-order valence-electron chi connectivity index (χ3n) is 4.18.